The Hall–Kier alpha value is -2.84. The van der Waals surface area contributed by atoms with Crippen molar-refractivity contribution in [2.75, 3.05) is 6.54 Å². The number of carbonyl (C=O) groups is 1. The van der Waals surface area contributed by atoms with Crippen molar-refractivity contribution in [1.29, 1.82) is 0 Å². The minimum absolute atomic E-state index is 0.250. The van der Waals surface area contributed by atoms with Gasteiger partial charge in [-0.05, 0) is 11.6 Å². The molecule has 2 aromatic rings. The number of nitrogens with one attached hydrogen (secondary N) is 1. The number of carbonyl (C=O) groups excluding carboxylic acids is 1. The summed E-state index contributed by atoms with van der Waals surface area (Å²) in [6.45, 7) is 0.662. The lowest BCUT2D eigenvalue weighted by Gasteiger charge is -2.05. The molecule has 0 aliphatic rings. The smallest absolute Gasteiger partial charge is 0.407 e. The standard InChI is InChI=1S/C19H18N2O2S/c20-18(24)17-12-5-4-10-16(17)11-6-7-13-21-19(22)23-14-15-8-2-1-3-9-15/h1-5,8-10,12H,7,13-14H2,(H2,20,24)(H,21,22). The number of alkyl carbamates (subject to hydrolysis) is 1. The first-order valence-electron chi connectivity index (χ1n) is 7.49. The Labute approximate surface area is 147 Å². The molecule has 0 fully saturated rings. The van der Waals surface area contributed by atoms with Gasteiger partial charge in [-0.25, -0.2) is 4.79 Å². The zero-order valence-corrected chi connectivity index (χ0v) is 13.9. The van der Waals surface area contributed by atoms with E-state index in [-0.39, 0.29) is 6.61 Å². The molecule has 0 bridgehead atoms. The van der Waals surface area contributed by atoms with Crippen molar-refractivity contribution in [3.63, 3.8) is 0 Å². The van der Waals surface area contributed by atoms with Crippen LogP contribution in [0, 0.1) is 11.8 Å². The average Bonchev–Trinajstić information content (AvgIpc) is 2.61. The highest BCUT2D eigenvalue weighted by molar-refractivity contribution is 7.80. The molecule has 0 heterocycles. The second-order valence-electron chi connectivity index (χ2n) is 4.95. The third kappa shape index (κ3) is 5.75. The highest BCUT2D eigenvalue weighted by atomic mass is 32.1. The summed E-state index contributed by atoms with van der Waals surface area (Å²) in [5.74, 6) is 6.01. The molecule has 0 aliphatic carbocycles. The molecule has 1 amide bonds. The van der Waals surface area contributed by atoms with Gasteiger partial charge in [-0.1, -0.05) is 72.6 Å². The number of benzene rings is 2. The maximum absolute atomic E-state index is 11.6. The van der Waals surface area contributed by atoms with Gasteiger partial charge in [0.05, 0.1) is 0 Å². The van der Waals surface area contributed by atoms with Crippen LogP contribution in [0.25, 0.3) is 0 Å². The Balaban J connectivity index is 1.74. The van der Waals surface area contributed by atoms with E-state index >= 15 is 0 Å². The SMILES string of the molecule is NC(=S)c1ccccc1C#CCCNC(=O)OCc1ccccc1. The summed E-state index contributed by atoms with van der Waals surface area (Å²) in [6, 6.07) is 17.0. The molecule has 0 radical (unpaired) electrons. The Morgan fingerprint density at radius 3 is 2.58 bits per heavy atom. The van der Waals surface area contributed by atoms with Crippen LogP contribution in [0.15, 0.2) is 54.6 Å². The molecule has 0 atom stereocenters. The number of hydrogen-bond donors (Lipinski definition) is 2. The van der Waals surface area contributed by atoms with Gasteiger partial charge in [0.25, 0.3) is 0 Å². The van der Waals surface area contributed by atoms with Crippen molar-refractivity contribution in [1.82, 2.24) is 5.32 Å². The van der Waals surface area contributed by atoms with E-state index in [1.165, 1.54) is 0 Å². The Bertz CT molecular complexity index is 764. The van der Waals surface area contributed by atoms with Gasteiger partial charge in [0, 0.05) is 24.1 Å². The second kappa shape index (κ2) is 9.33. The van der Waals surface area contributed by atoms with Gasteiger partial charge in [0.1, 0.15) is 11.6 Å². The largest absolute Gasteiger partial charge is 0.445 e. The summed E-state index contributed by atoms with van der Waals surface area (Å²) in [6.07, 6.45) is 0.0516. The summed E-state index contributed by atoms with van der Waals surface area (Å²) < 4.78 is 5.11. The molecule has 0 unspecified atom stereocenters. The van der Waals surface area contributed by atoms with E-state index < -0.39 is 6.09 Å². The van der Waals surface area contributed by atoms with E-state index in [2.05, 4.69) is 17.2 Å². The lowest BCUT2D eigenvalue weighted by Crippen LogP contribution is -2.24. The van der Waals surface area contributed by atoms with Crippen molar-refractivity contribution in [2.45, 2.75) is 13.0 Å². The third-order valence-corrected chi connectivity index (χ3v) is 3.37. The Morgan fingerprint density at radius 2 is 1.83 bits per heavy atom. The maximum Gasteiger partial charge on any atom is 0.407 e. The molecule has 2 aromatic carbocycles. The second-order valence-corrected chi connectivity index (χ2v) is 5.39. The number of rotatable bonds is 5. The van der Waals surface area contributed by atoms with Crippen molar-refractivity contribution < 1.29 is 9.53 Å². The van der Waals surface area contributed by atoms with Gasteiger partial charge in [-0.2, -0.15) is 0 Å². The Morgan fingerprint density at radius 1 is 1.12 bits per heavy atom. The first-order chi connectivity index (χ1) is 11.7. The van der Waals surface area contributed by atoms with Gasteiger partial charge in [-0.15, -0.1) is 0 Å². The third-order valence-electron chi connectivity index (χ3n) is 3.15. The van der Waals surface area contributed by atoms with Crippen molar-refractivity contribution in [3.05, 3.63) is 71.3 Å². The number of ether oxygens (including phenoxy) is 1. The minimum Gasteiger partial charge on any atom is -0.445 e. The summed E-state index contributed by atoms with van der Waals surface area (Å²) in [5.41, 5.74) is 8.15. The van der Waals surface area contributed by atoms with Crippen LogP contribution < -0.4 is 11.1 Å². The zero-order valence-electron chi connectivity index (χ0n) is 13.1. The molecular weight excluding hydrogens is 320 g/mol. The van der Waals surface area contributed by atoms with Gasteiger partial charge in [0.15, 0.2) is 0 Å². The molecule has 2 rings (SSSR count). The van der Waals surface area contributed by atoms with Crippen molar-refractivity contribution in [3.8, 4) is 11.8 Å². The van der Waals surface area contributed by atoms with Crippen LogP contribution in [0.3, 0.4) is 0 Å². The fraction of sp³-hybridized carbons (Fsp3) is 0.158. The van der Waals surface area contributed by atoms with E-state index in [0.717, 1.165) is 16.7 Å². The van der Waals surface area contributed by atoms with Gasteiger partial charge < -0.3 is 15.8 Å². The van der Waals surface area contributed by atoms with Crippen LogP contribution in [0.5, 0.6) is 0 Å². The minimum atomic E-state index is -0.454. The Kier molecular flexibility index (Phi) is 6.81. The van der Waals surface area contributed by atoms with Crippen LogP contribution in [-0.4, -0.2) is 17.6 Å². The molecule has 5 heteroatoms. The molecule has 4 nitrogen and oxygen atoms in total. The lowest BCUT2D eigenvalue weighted by atomic mass is 10.1. The number of nitrogens with two attached hydrogens (primary N) is 1. The fourth-order valence-corrected chi connectivity index (χ4v) is 2.14. The van der Waals surface area contributed by atoms with Crippen molar-refractivity contribution in [2.24, 2.45) is 5.73 Å². The highest BCUT2D eigenvalue weighted by Gasteiger charge is 2.02. The predicted octanol–water partition coefficient (Wildman–Crippen LogP) is 2.99. The molecule has 0 saturated heterocycles. The molecular formula is C19H18N2O2S. The quantitative estimate of drug-likeness (QED) is 0.500. The summed E-state index contributed by atoms with van der Waals surface area (Å²) in [7, 11) is 0. The molecule has 0 aromatic heterocycles. The van der Waals surface area contributed by atoms with Gasteiger partial charge >= 0.3 is 6.09 Å². The summed E-state index contributed by atoms with van der Waals surface area (Å²) in [4.78, 5) is 11.9. The monoisotopic (exact) mass is 338 g/mol. The van der Waals surface area contributed by atoms with E-state index in [9.17, 15) is 4.79 Å². The number of thiocarbonyl (C=S) groups is 1. The summed E-state index contributed by atoms with van der Waals surface area (Å²) >= 11 is 4.99. The first-order valence-corrected chi connectivity index (χ1v) is 7.90. The normalized spacial score (nSPS) is 9.50. The maximum atomic E-state index is 11.6. The molecule has 0 aliphatic heterocycles. The van der Waals surface area contributed by atoms with Crippen LogP contribution in [0.2, 0.25) is 0 Å². The number of hydrogen-bond acceptors (Lipinski definition) is 3. The fourth-order valence-electron chi connectivity index (χ4n) is 1.97. The molecule has 122 valence electrons. The van der Waals surface area contributed by atoms with Crippen LogP contribution in [0.1, 0.15) is 23.1 Å². The van der Waals surface area contributed by atoms with E-state index in [1.54, 1.807) is 0 Å². The topological polar surface area (TPSA) is 64.3 Å². The summed E-state index contributed by atoms with van der Waals surface area (Å²) in [5, 5.41) is 2.66. The van der Waals surface area contributed by atoms with Crippen LogP contribution in [0.4, 0.5) is 4.79 Å². The van der Waals surface area contributed by atoms with Crippen LogP contribution in [-0.2, 0) is 11.3 Å². The van der Waals surface area contributed by atoms with Crippen molar-refractivity contribution >= 4 is 23.3 Å². The van der Waals surface area contributed by atoms with Gasteiger partial charge in [0.2, 0.25) is 0 Å². The average molecular weight is 338 g/mol. The van der Waals surface area contributed by atoms with E-state index in [0.29, 0.717) is 18.0 Å². The molecule has 0 saturated carbocycles. The first kappa shape index (κ1) is 17.5. The van der Waals surface area contributed by atoms with Crippen LogP contribution >= 0.6 is 12.2 Å². The molecule has 24 heavy (non-hydrogen) atoms. The molecule has 3 N–H and O–H groups in total. The molecule has 0 spiro atoms. The zero-order chi connectivity index (χ0) is 17.2. The van der Waals surface area contributed by atoms with E-state index in [4.69, 9.17) is 22.7 Å². The van der Waals surface area contributed by atoms with Gasteiger partial charge in [-0.3, -0.25) is 0 Å². The van der Waals surface area contributed by atoms with E-state index in [1.807, 2.05) is 54.6 Å². The number of amides is 1. The predicted molar refractivity (Wildman–Crippen MR) is 98.5 cm³/mol. The highest BCUT2D eigenvalue weighted by Crippen LogP contribution is 2.06. The lowest BCUT2D eigenvalue weighted by molar-refractivity contribution is 0.140.